The van der Waals surface area contributed by atoms with Gasteiger partial charge in [-0.25, -0.2) is 4.68 Å². The van der Waals surface area contributed by atoms with Crippen LogP contribution in [0.25, 0.3) is 5.69 Å². The third-order valence-electron chi connectivity index (χ3n) is 2.72. The van der Waals surface area contributed by atoms with E-state index in [0.717, 1.165) is 11.6 Å². The minimum atomic E-state index is -4.47. The summed E-state index contributed by atoms with van der Waals surface area (Å²) in [6, 6.07) is 5.81. The molecule has 2 rings (SSSR count). The number of hydrogen-bond donors (Lipinski definition) is 1. The van der Waals surface area contributed by atoms with Gasteiger partial charge in [-0.1, -0.05) is 17.7 Å². The van der Waals surface area contributed by atoms with Crippen LogP contribution in [0.5, 0.6) is 0 Å². The maximum Gasteiger partial charge on any atom is 0.435 e. The molecule has 20 heavy (non-hydrogen) atoms. The molecule has 2 N–H and O–H groups in total. The van der Waals surface area contributed by atoms with Gasteiger partial charge in [-0.15, -0.1) is 0 Å². The summed E-state index contributed by atoms with van der Waals surface area (Å²) in [7, 11) is 0. The molecule has 0 spiro atoms. The third-order valence-corrected chi connectivity index (χ3v) is 2.95. The van der Waals surface area contributed by atoms with E-state index in [4.69, 9.17) is 17.3 Å². The maximum absolute atomic E-state index is 12.6. The van der Waals surface area contributed by atoms with Crippen molar-refractivity contribution in [2.75, 3.05) is 0 Å². The van der Waals surface area contributed by atoms with E-state index >= 15 is 0 Å². The van der Waals surface area contributed by atoms with E-state index in [1.165, 1.54) is 10.9 Å². The Balaban J connectivity index is 2.45. The number of alkyl halides is 3. The van der Waals surface area contributed by atoms with Crippen LogP contribution in [-0.4, -0.2) is 15.8 Å². The molecular weight excluding hydrogens is 291 g/mol. The van der Waals surface area contributed by atoms with E-state index in [-0.39, 0.29) is 6.04 Å². The van der Waals surface area contributed by atoms with Gasteiger partial charge in [-0.3, -0.25) is 0 Å². The Morgan fingerprint density at radius 2 is 2.05 bits per heavy atom. The number of nitrogens with zero attached hydrogens (tertiary/aromatic N) is 2. The lowest BCUT2D eigenvalue weighted by Crippen LogP contribution is -2.19. The molecule has 0 saturated carbocycles. The summed E-state index contributed by atoms with van der Waals surface area (Å²) in [6.07, 6.45) is -2.68. The molecule has 1 heterocycles. The summed E-state index contributed by atoms with van der Waals surface area (Å²) >= 11 is 5.91. The predicted octanol–water partition coefficient (Wildman–Crippen LogP) is 3.43. The van der Waals surface area contributed by atoms with Gasteiger partial charge in [0.05, 0.1) is 5.69 Å². The monoisotopic (exact) mass is 303 g/mol. The minimum absolute atomic E-state index is 0.118. The Kier molecular flexibility index (Phi) is 4.06. The van der Waals surface area contributed by atoms with Crippen molar-refractivity contribution in [2.45, 2.75) is 25.6 Å². The van der Waals surface area contributed by atoms with Crippen LogP contribution in [-0.2, 0) is 12.6 Å². The summed E-state index contributed by atoms with van der Waals surface area (Å²) < 4.78 is 38.9. The Labute approximate surface area is 119 Å². The average molecular weight is 304 g/mol. The highest BCUT2D eigenvalue weighted by Gasteiger charge is 2.33. The zero-order valence-corrected chi connectivity index (χ0v) is 11.4. The number of hydrogen-bond acceptors (Lipinski definition) is 2. The number of halogens is 4. The minimum Gasteiger partial charge on any atom is -0.328 e. The molecule has 0 aliphatic heterocycles. The lowest BCUT2D eigenvalue weighted by molar-refractivity contribution is -0.141. The molecule has 1 atom stereocenters. The maximum atomic E-state index is 12.6. The lowest BCUT2D eigenvalue weighted by atomic mass is 10.1. The summed E-state index contributed by atoms with van der Waals surface area (Å²) in [5, 5.41) is 3.98. The van der Waals surface area contributed by atoms with Crippen molar-refractivity contribution in [3.05, 3.63) is 46.7 Å². The summed E-state index contributed by atoms with van der Waals surface area (Å²) in [6.45, 7) is 1.82. The second kappa shape index (κ2) is 5.46. The predicted molar refractivity (Wildman–Crippen MR) is 70.9 cm³/mol. The van der Waals surface area contributed by atoms with Crippen molar-refractivity contribution in [1.82, 2.24) is 9.78 Å². The van der Waals surface area contributed by atoms with Gasteiger partial charge in [0.2, 0.25) is 0 Å². The third kappa shape index (κ3) is 3.32. The van der Waals surface area contributed by atoms with E-state index in [1.807, 2.05) is 6.92 Å². The Morgan fingerprint density at radius 3 is 2.60 bits per heavy atom. The zero-order chi connectivity index (χ0) is 14.9. The first-order valence-corrected chi connectivity index (χ1v) is 6.32. The van der Waals surface area contributed by atoms with E-state index < -0.39 is 11.9 Å². The number of benzene rings is 1. The molecule has 108 valence electrons. The van der Waals surface area contributed by atoms with Crippen LogP contribution < -0.4 is 5.73 Å². The van der Waals surface area contributed by atoms with Crippen LogP contribution in [0.15, 0.2) is 30.5 Å². The van der Waals surface area contributed by atoms with Crippen molar-refractivity contribution in [2.24, 2.45) is 5.73 Å². The SMILES string of the molecule is CC(N)Cc1ccc(Cl)cc1-n1ccc(C(F)(F)F)n1. The first kappa shape index (κ1) is 14.9. The molecule has 0 bridgehead atoms. The molecule has 0 aliphatic rings. The molecule has 0 fully saturated rings. The molecule has 0 amide bonds. The Hall–Kier alpha value is -1.53. The van der Waals surface area contributed by atoms with Crippen molar-refractivity contribution >= 4 is 11.6 Å². The van der Waals surface area contributed by atoms with Crippen LogP contribution in [0.1, 0.15) is 18.2 Å². The molecule has 7 heteroatoms. The van der Waals surface area contributed by atoms with Gasteiger partial charge in [0.15, 0.2) is 5.69 Å². The molecular formula is C13H13ClF3N3. The van der Waals surface area contributed by atoms with Crippen LogP contribution in [0, 0.1) is 0 Å². The van der Waals surface area contributed by atoms with E-state index in [0.29, 0.717) is 17.1 Å². The normalized spacial score (nSPS) is 13.5. The first-order chi connectivity index (χ1) is 9.27. The highest BCUT2D eigenvalue weighted by atomic mass is 35.5. The average Bonchev–Trinajstić information content (AvgIpc) is 2.80. The van der Waals surface area contributed by atoms with Gasteiger partial charge in [0, 0.05) is 17.3 Å². The van der Waals surface area contributed by atoms with Crippen molar-refractivity contribution < 1.29 is 13.2 Å². The number of rotatable bonds is 3. The van der Waals surface area contributed by atoms with E-state index in [9.17, 15) is 13.2 Å². The quantitative estimate of drug-likeness (QED) is 0.944. The molecule has 1 aromatic carbocycles. The molecule has 2 aromatic rings. The van der Waals surface area contributed by atoms with Gasteiger partial charge in [-0.05, 0) is 37.1 Å². The molecule has 0 aliphatic carbocycles. The van der Waals surface area contributed by atoms with Gasteiger partial charge in [0.25, 0.3) is 0 Å². The van der Waals surface area contributed by atoms with Crippen LogP contribution in [0.4, 0.5) is 13.2 Å². The molecule has 0 radical (unpaired) electrons. The highest BCUT2D eigenvalue weighted by Crippen LogP contribution is 2.29. The fourth-order valence-corrected chi connectivity index (χ4v) is 2.05. The summed E-state index contributed by atoms with van der Waals surface area (Å²) in [5.41, 5.74) is 6.10. The van der Waals surface area contributed by atoms with Gasteiger partial charge in [0.1, 0.15) is 0 Å². The van der Waals surface area contributed by atoms with E-state index in [2.05, 4.69) is 5.10 Å². The van der Waals surface area contributed by atoms with Crippen LogP contribution in [0.3, 0.4) is 0 Å². The van der Waals surface area contributed by atoms with Crippen molar-refractivity contribution in [3.8, 4) is 5.69 Å². The summed E-state index contributed by atoms with van der Waals surface area (Å²) in [4.78, 5) is 0. The topological polar surface area (TPSA) is 43.8 Å². The Morgan fingerprint density at radius 1 is 1.35 bits per heavy atom. The molecule has 3 nitrogen and oxygen atoms in total. The molecule has 0 saturated heterocycles. The fraction of sp³-hybridized carbons (Fsp3) is 0.308. The smallest absolute Gasteiger partial charge is 0.328 e. The number of nitrogens with two attached hydrogens (primary N) is 1. The fourth-order valence-electron chi connectivity index (χ4n) is 1.88. The lowest BCUT2D eigenvalue weighted by Gasteiger charge is -2.12. The van der Waals surface area contributed by atoms with Gasteiger partial charge in [-0.2, -0.15) is 18.3 Å². The first-order valence-electron chi connectivity index (χ1n) is 5.94. The van der Waals surface area contributed by atoms with E-state index in [1.54, 1.807) is 18.2 Å². The van der Waals surface area contributed by atoms with Crippen LogP contribution >= 0.6 is 11.6 Å². The summed E-state index contributed by atoms with van der Waals surface area (Å²) in [5.74, 6) is 0. The largest absolute Gasteiger partial charge is 0.435 e. The van der Waals surface area contributed by atoms with Gasteiger partial charge < -0.3 is 5.73 Å². The van der Waals surface area contributed by atoms with Crippen LogP contribution in [0.2, 0.25) is 5.02 Å². The Bertz CT molecular complexity index is 605. The zero-order valence-electron chi connectivity index (χ0n) is 10.7. The van der Waals surface area contributed by atoms with Crippen molar-refractivity contribution in [1.29, 1.82) is 0 Å². The van der Waals surface area contributed by atoms with Gasteiger partial charge >= 0.3 is 6.18 Å². The highest BCUT2D eigenvalue weighted by molar-refractivity contribution is 6.30. The second-order valence-corrected chi connectivity index (χ2v) is 5.03. The number of aromatic nitrogens is 2. The van der Waals surface area contributed by atoms with Crippen molar-refractivity contribution in [3.63, 3.8) is 0 Å². The standard InChI is InChI=1S/C13H13ClF3N3/c1-8(18)6-9-2-3-10(14)7-11(9)20-5-4-12(19-20)13(15,16)17/h2-5,7-8H,6,18H2,1H3. The molecule has 1 aromatic heterocycles. The second-order valence-electron chi connectivity index (χ2n) is 4.60. The molecule has 1 unspecified atom stereocenters.